The molecule has 0 atom stereocenters. The van der Waals surface area contributed by atoms with Gasteiger partial charge in [0.2, 0.25) is 0 Å². The SMILES string of the molecule is CC(C)N1CCN(CC(O)(c2ccccc2)c2ccccc2)CCN(C(C)C)CC1. The molecule has 2 aromatic rings. The van der Waals surface area contributed by atoms with Crippen molar-refractivity contribution >= 4 is 0 Å². The van der Waals surface area contributed by atoms with Crippen LogP contribution in [0, 0.1) is 0 Å². The van der Waals surface area contributed by atoms with Crippen LogP contribution >= 0.6 is 0 Å². The molecule has 164 valence electrons. The lowest BCUT2D eigenvalue weighted by Gasteiger charge is -2.36. The first kappa shape index (κ1) is 23.0. The fourth-order valence-electron chi connectivity index (χ4n) is 4.42. The molecular weight excluding hydrogens is 370 g/mol. The molecule has 0 aromatic heterocycles. The second kappa shape index (κ2) is 10.5. The van der Waals surface area contributed by atoms with Gasteiger partial charge in [0, 0.05) is 57.9 Å². The van der Waals surface area contributed by atoms with E-state index >= 15 is 0 Å². The number of benzene rings is 2. The van der Waals surface area contributed by atoms with Crippen LogP contribution in [0.3, 0.4) is 0 Å². The molecule has 0 radical (unpaired) electrons. The van der Waals surface area contributed by atoms with Crippen LogP contribution in [-0.4, -0.2) is 77.7 Å². The Morgan fingerprint density at radius 3 is 1.40 bits per heavy atom. The summed E-state index contributed by atoms with van der Waals surface area (Å²) in [6.07, 6.45) is 0. The summed E-state index contributed by atoms with van der Waals surface area (Å²) in [6, 6.07) is 21.3. The number of nitrogens with zero attached hydrogens (tertiary/aromatic N) is 3. The van der Waals surface area contributed by atoms with Crippen molar-refractivity contribution in [2.24, 2.45) is 0 Å². The Hall–Kier alpha value is -1.72. The molecule has 3 rings (SSSR count). The van der Waals surface area contributed by atoms with Gasteiger partial charge in [-0.3, -0.25) is 14.7 Å². The lowest BCUT2D eigenvalue weighted by atomic mass is 9.85. The molecule has 0 unspecified atom stereocenters. The van der Waals surface area contributed by atoms with E-state index in [4.69, 9.17) is 0 Å². The average Bonchev–Trinajstić information content (AvgIpc) is 2.85. The standard InChI is InChI=1S/C26H39N3O/c1-22(2)28-17-15-27(16-18-29(20-19-28)23(3)4)21-26(30,24-11-7-5-8-12-24)25-13-9-6-10-14-25/h5-14,22-23,30H,15-21H2,1-4H3. The topological polar surface area (TPSA) is 30.0 Å². The Balaban J connectivity index is 1.88. The van der Waals surface area contributed by atoms with Gasteiger partial charge in [0.1, 0.15) is 5.60 Å². The monoisotopic (exact) mass is 409 g/mol. The molecule has 0 aliphatic carbocycles. The molecule has 2 aromatic carbocycles. The molecule has 1 heterocycles. The van der Waals surface area contributed by atoms with E-state index in [2.05, 4.69) is 42.4 Å². The lowest BCUT2D eigenvalue weighted by Crippen LogP contribution is -2.46. The van der Waals surface area contributed by atoms with Crippen LogP contribution in [0.5, 0.6) is 0 Å². The van der Waals surface area contributed by atoms with Crippen molar-refractivity contribution in [3.63, 3.8) is 0 Å². The van der Waals surface area contributed by atoms with Gasteiger partial charge in [-0.15, -0.1) is 0 Å². The number of hydrogen-bond acceptors (Lipinski definition) is 4. The molecular formula is C26H39N3O. The molecule has 0 bridgehead atoms. The number of aliphatic hydroxyl groups is 1. The van der Waals surface area contributed by atoms with E-state index in [1.54, 1.807) is 0 Å². The molecule has 4 nitrogen and oxygen atoms in total. The highest BCUT2D eigenvalue weighted by Crippen LogP contribution is 2.30. The van der Waals surface area contributed by atoms with Gasteiger partial charge in [-0.2, -0.15) is 0 Å². The van der Waals surface area contributed by atoms with Gasteiger partial charge in [-0.05, 0) is 38.8 Å². The smallest absolute Gasteiger partial charge is 0.127 e. The van der Waals surface area contributed by atoms with E-state index in [1.807, 2.05) is 60.7 Å². The Labute approximate surface area is 183 Å². The second-order valence-electron chi connectivity index (χ2n) is 9.13. The van der Waals surface area contributed by atoms with Gasteiger partial charge >= 0.3 is 0 Å². The zero-order valence-electron chi connectivity index (χ0n) is 19.2. The van der Waals surface area contributed by atoms with Crippen LogP contribution in [0.4, 0.5) is 0 Å². The van der Waals surface area contributed by atoms with Gasteiger partial charge in [-0.1, -0.05) is 60.7 Å². The van der Waals surface area contributed by atoms with Crippen LogP contribution in [0.1, 0.15) is 38.8 Å². The summed E-state index contributed by atoms with van der Waals surface area (Å²) in [5, 5.41) is 12.0. The molecule has 0 spiro atoms. The van der Waals surface area contributed by atoms with E-state index in [-0.39, 0.29) is 0 Å². The van der Waals surface area contributed by atoms with Crippen LogP contribution in [0.15, 0.2) is 60.7 Å². The first-order valence-corrected chi connectivity index (χ1v) is 11.4. The molecule has 0 saturated carbocycles. The Morgan fingerprint density at radius 2 is 1.03 bits per heavy atom. The molecule has 4 heteroatoms. The summed E-state index contributed by atoms with van der Waals surface area (Å²) < 4.78 is 0. The Kier molecular flexibility index (Phi) is 8.06. The van der Waals surface area contributed by atoms with E-state index in [1.165, 1.54) is 0 Å². The van der Waals surface area contributed by atoms with Crippen LogP contribution in [-0.2, 0) is 5.60 Å². The van der Waals surface area contributed by atoms with Crippen molar-refractivity contribution in [2.45, 2.75) is 45.4 Å². The maximum Gasteiger partial charge on any atom is 0.127 e. The summed E-state index contributed by atoms with van der Waals surface area (Å²) >= 11 is 0. The zero-order valence-corrected chi connectivity index (χ0v) is 19.2. The summed E-state index contributed by atoms with van der Waals surface area (Å²) in [4.78, 5) is 7.59. The predicted molar refractivity (Wildman–Crippen MR) is 126 cm³/mol. The molecule has 1 aliphatic rings. The quantitative estimate of drug-likeness (QED) is 0.789. The summed E-state index contributed by atoms with van der Waals surface area (Å²) in [6.45, 7) is 15.9. The minimum Gasteiger partial charge on any atom is -0.379 e. The molecule has 1 N–H and O–H groups in total. The summed E-state index contributed by atoms with van der Waals surface area (Å²) in [5.74, 6) is 0. The van der Waals surface area contributed by atoms with Crippen molar-refractivity contribution in [3.8, 4) is 0 Å². The number of β-amino-alcohol motifs (C(OH)–C–C–N with tert-alkyl or cyclic N) is 1. The zero-order chi connectivity index (χ0) is 21.6. The first-order valence-electron chi connectivity index (χ1n) is 11.4. The van der Waals surface area contributed by atoms with Crippen molar-refractivity contribution < 1.29 is 5.11 Å². The van der Waals surface area contributed by atoms with E-state index < -0.39 is 5.60 Å². The fraction of sp³-hybridized carbons (Fsp3) is 0.538. The van der Waals surface area contributed by atoms with Crippen molar-refractivity contribution in [3.05, 3.63) is 71.8 Å². The minimum atomic E-state index is -1.03. The molecule has 1 fully saturated rings. The molecule has 0 amide bonds. The first-order chi connectivity index (χ1) is 14.4. The number of hydrogen-bond donors (Lipinski definition) is 1. The van der Waals surface area contributed by atoms with E-state index in [0.29, 0.717) is 18.6 Å². The third-order valence-electron chi connectivity index (χ3n) is 6.50. The second-order valence-corrected chi connectivity index (χ2v) is 9.13. The van der Waals surface area contributed by atoms with E-state index in [0.717, 1.165) is 50.4 Å². The Morgan fingerprint density at radius 1 is 0.667 bits per heavy atom. The fourth-order valence-corrected chi connectivity index (χ4v) is 4.42. The highest BCUT2D eigenvalue weighted by molar-refractivity contribution is 5.36. The van der Waals surface area contributed by atoms with Gasteiger partial charge in [0.15, 0.2) is 0 Å². The minimum absolute atomic E-state index is 0.529. The van der Waals surface area contributed by atoms with Crippen molar-refractivity contribution in [1.29, 1.82) is 0 Å². The van der Waals surface area contributed by atoms with Gasteiger partial charge in [-0.25, -0.2) is 0 Å². The largest absolute Gasteiger partial charge is 0.379 e. The highest BCUT2D eigenvalue weighted by Gasteiger charge is 2.34. The number of rotatable bonds is 6. The lowest BCUT2D eigenvalue weighted by molar-refractivity contribution is 0.0307. The van der Waals surface area contributed by atoms with Gasteiger partial charge < -0.3 is 5.11 Å². The third kappa shape index (κ3) is 5.70. The van der Waals surface area contributed by atoms with Crippen LogP contribution < -0.4 is 0 Å². The Bertz CT molecular complexity index is 688. The predicted octanol–water partition coefficient (Wildman–Crippen LogP) is 3.66. The third-order valence-corrected chi connectivity index (χ3v) is 6.50. The van der Waals surface area contributed by atoms with Gasteiger partial charge in [0.25, 0.3) is 0 Å². The summed E-state index contributed by atoms with van der Waals surface area (Å²) in [7, 11) is 0. The highest BCUT2D eigenvalue weighted by atomic mass is 16.3. The maximum atomic E-state index is 12.0. The van der Waals surface area contributed by atoms with Crippen molar-refractivity contribution in [1.82, 2.24) is 14.7 Å². The van der Waals surface area contributed by atoms with Crippen LogP contribution in [0.2, 0.25) is 0 Å². The van der Waals surface area contributed by atoms with E-state index in [9.17, 15) is 5.11 Å². The van der Waals surface area contributed by atoms with Crippen molar-refractivity contribution in [2.75, 3.05) is 45.8 Å². The van der Waals surface area contributed by atoms with Gasteiger partial charge in [0.05, 0.1) is 0 Å². The maximum absolute atomic E-state index is 12.0. The van der Waals surface area contributed by atoms with Crippen LogP contribution in [0.25, 0.3) is 0 Å². The average molecular weight is 410 g/mol. The molecule has 30 heavy (non-hydrogen) atoms. The molecule has 1 aliphatic heterocycles. The molecule has 1 saturated heterocycles. The summed E-state index contributed by atoms with van der Waals surface area (Å²) in [5.41, 5.74) is 0.886. The normalized spacial score (nSPS) is 18.4.